The summed E-state index contributed by atoms with van der Waals surface area (Å²) in [5.74, 6) is 2.37. The number of esters is 1. The number of rotatable bonds is 5. The van der Waals surface area contributed by atoms with E-state index < -0.39 is 0 Å². The monoisotopic (exact) mass is 343 g/mol. The maximum Gasteiger partial charge on any atom is 0.306 e. The number of carbonyl (C=O) groups excluding carboxylic acids is 1. The van der Waals surface area contributed by atoms with Gasteiger partial charge in [-0.25, -0.2) is 0 Å². The van der Waals surface area contributed by atoms with Crippen LogP contribution in [-0.2, 0) is 16.1 Å². The van der Waals surface area contributed by atoms with Crippen molar-refractivity contribution in [3.8, 4) is 22.8 Å². The summed E-state index contributed by atoms with van der Waals surface area (Å²) in [4.78, 5) is 11.9. The van der Waals surface area contributed by atoms with Crippen LogP contribution in [0.1, 0.15) is 37.8 Å². The minimum absolute atomic E-state index is 0.138. The van der Waals surface area contributed by atoms with Crippen molar-refractivity contribution in [2.24, 2.45) is 5.92 Å². The van der Waals surface area contributed by atoms with Gasteiger partial charge in [0.05, 0.1) is 0 Å². The SMILES string of the molecule is O=C(CC1CCCC1)OCc1cc(-c2ccc3c(c2)OCCO3)on1. The Hall–Kier alpha value is -2.50. The van der Waals surface area contributed by atoms with Crippen molar-refractivity contribution in [2.75, 3.05) is 13.2 Å². The quantitative estimate of drug-likeness (QED) is 0.770. The summed E-state index contributed by atoms with van der Waals surface area (Å²) in [6.45, 7) is 1.24. The average Bonchev–Trinajstić information content (AvgIpc) is 3.31. The fourth-order valence-corrected chi connectivity index (χ4v) is 3.38. The molecular formula is C19H21NO5. The second kappa shape index (κ2) is 7.17. The lowest BCUT2D eigenvalue weighted by Gasteiger charge is -2.18. The molecule has 1 aliphatic heterocycles. The zero-order valence-electron chi connectivity index (χ0n) is 14.0. The van der Waals surface area contributed by atoms with Gasteiger partial charge in [-0.1, -0.05) is 18.0 Å². The molecule has 1 fully saturated rings. The molecule has 4 rings (SSSR count). The Morgan fingerprint density at radius 1 is 1.12 bits per heavy atom. The molecule has 132 valence electrons. The number of fused-ring (bicyclic) bond motifs is 1. The Morgan fingerprint density at radius 2 is 1.92 bits per heavy atom. The Bertz CT molecular complexity index is 748. The van der Waals surface area contributed by atoms with Crippen molar-refractivity contribution in [3.05, 3.63) is 30.0 Å². The summed E-state index contributed by atoms with van der Waals surface area (Å²) in [7, 11) is 0. The molecule has 0 bridgehead atoms. The van der Waals surface area contributed by atoms with Gasteiger partial charge in [-0.15, -0.1) is 0 Å². The first-order valence-electron chi connectivity index (χ1n) is 8.79. The highest BCUT2D eigenvalue weighted by atomic mass is 16.6. The van der Waals surface area contributed by atoms with Crippen LogP contribution in [0.15, 0.2) is 28.8 Å². The van der Waals surface area contributed by atoms with Crippen molar-refractivity contribution in [2.45, 2.75) is 38.7 Å². The number of benzene rings is 1. The minimum atomic E-state index is -0.157. The van der Waals surface area contributed by atoms with Gasteiger partial charge < -0.3 is 18.7 Å². The molecule has 0 unspecified atom stereocenters. The Morgan fingerprint density at radius 3 is 2.76 bits per heavy atom. The lowest BCUT2D eigenvalue weighted by molar-refractivity contribution is -0.146. The standard InChI is InChI=1S/C19H21NO5/c21-19(9-13-3-1-2-4-13)24-12-15-11-17(25-20-15)14-5-6-16-18(10-14)23-8-7-22-16/h5-6,10-11,13H,1-4,7-9,12H2. The van der Waals surface area contributed by atoms with Gasteiger partial charge in [-0.05, 0) is 37.0 Å². The third kappa shape index (κ3) is 3.78. The molecular weight excluding hydrogens is 322 g/mol. The average molecular weight is 343 g/mol. The van der Waals surface area contributed by atoms with Crippen molar-refractivity contribution in [3.63, 3.8) is 0 Å². The maximum absolute atomic E-state index is 11.9. The zero-order chi connectivity index (χ0) is 17.1. The van der Waals surface area contributed by atoms with Crippen LogP contribution in [0.5, 0.6) is 11.5 Å². The highest BCUT2D eigenvalue weighted by Crippen LogP contribution is 2.34. The molecule has 25 heavy (non-hydrogen) atoms. The lowest BCUT2D eigenvalue weighted by atomic mass is 10.0. The number of nitrogens with zero attached hydrogens (tertiary/aromatic N) is 1. The van der Waals surface area contributed by atoms with Gasteiger partial charge in [0, 0.05) is 18.1 Å². The Balaban J connectivity index is 1.36. The molecule has 2 aromatic rings. The largest absolute Gasteiger partial charge is 0.486 e. The van der Waals surface area contributed by atoms with Crippen molar-refractivity contribution < 1.29 is 23.5 Å². The molecule has 2 heterocycles. The van der Waals surface area contributed by atoms with E-state index in [0.717, 1.165) is 24.2 Å². The number of hydrogen-bond donors (Lipinski definition) is 0. The molecule has 6 nitrogen and oxygen atoms in total. The third-order valence-corrected chi connectivity index (χ3v) is 4.70. The van der Waals surface area contributed by atoms with E-state index >= 15 is 0 Å². The fourth-order valence-electron chi connectivity index (χ4n) is 3.38. The second-order valence-electron chi connectivity index (χ2n) is 6.56. The van der Waals surface area contributed by atoms with Crippen LogP contribution in [0.25, 0.3) is 11.3 Å². The Kier molecular flexibility index (Phi) is 4.59. The predicted molar refractivity (Wildman–Crippen MR) is 89.3 cm³/mol. The van der Waals surface area contributed by atoms with E-state index in [1.165, 1.54) is 12.8 Å². The van der Waals surface area contributed by atoms with E-state index in [2.05, 4.69) is 5.16 Å². The molecule has 6 heteroatoms. The van der Waals surface area contributed by atoms with Gasteiger partial charge in [-0.2, -0.15) is 0 Å². The van der Waals surface area contributed by atoms with Crippen molar-refractivity contribution >= 4 is 5.97 Å². The van der Waals surface area contributed by atoms with Gasteiger partial charge >= 0.3 is 5.97 Å². The van der Waals surface area contributed by atoms with E-state index in [1.807, 2.05) is 18.2 Å². The summed E-state index contributed by atoms with van der Waals surface area (Å²) >= 11 is 0. The number of aromatic nitrogens is 1. The molecule has 0 N–H and O–H groups in total. The second-order valence-corrected chi connectivity index (χ2v) is 6.56. The van der Waals surface area contributed by atoms with E-state index in [0.29, 0.717) is 42.8 Å². The molecule has 1 aromatic carbocycles. The van der Waals surface area contributed by atoms with Gasteiger partial charge in [0.1, 0.15) is 25.5 Å². The Labute approximate surface area is 146 Å². The van der Waals surface area contributed by atoms with Gasteiger partial charge in [0.15, 0.2) is 17.3 Å². The van der Waals surface area contributed by atoms with Crippen LogP contribution in [-0.4, -0.2) is 24.3 Å². The van der Waals surface area contributed by atoms with E-state index in [-0.39, 0.29) is 12.6 Å². The fraction of sp³-hybridized carbons (Fsp3) is 0.474. The summed E-state index contributed by atoms with van der Waals surface area (Å²) in [5, 5.41) is 3.98. The van der Waals surface area contributed by atoms with E-state index in [9.17, 15) is 4.79 Å². The summed E-state index contributed by atoms with van der Waals surface area (Å²) < 4.78 is 21.8. The minimum Gasteiger partial charge on any atom is -0.486 e. The molecule has 0 spiro atoms. The third-order valence-electron chi connectivity index (χ3n) is 4.70. The normalized spacial score (nSPS) is 16.8. The maximum atomic E-state index is 11.9. The molecule has 2 aliphatic rings. The number of hydrogen-bond acceptors (Lipinski definition) is 6. The summed E-state index contributed by atoms with van der Waals surface area (Å²) in [6.07, 6.45) is 5.22. The first-order valence-corrected chi connectivity index (χ1v) is 8.79. The van der Waals surface area contributed by atoms with Gasteiger partial charge in [-0.3, -0.25) is 4.79 Å². The molecule has 1 aromatic heterocycles. The van der Waals surface area contributed by atoms with Crippen molar-refractivity contribution in [1.82, 2.24) is 5.16 Å². The first kappa shape index (κ1) is 16.0. The number of ether oxygens (including phenoxy) is 3. The molecule has 0 atom stereocenters. The van der Waals surface area contributed by atoms with E-state index in [4.69, 9.17) is 18.7 Å². The molecule has 0 saturated heterocycles. The van der Waals surface area contributed by atoms with Crippen LogP contribution in [0.3, 0.4) is 0 Å². The highest BCUT2D eigenvalue weighted by molar-refractivity contribution is 5.69. The number of carbonyl (C=O) groups is 1. The van der Waals surface area contributed by atoms with Crippen LogP contribution < -0.4 is 9.47 Å². The summed E-state index contributed by atoms with van der Waals surface area (Å²) in [5.41, 5.74) is 1.45. The predicted octanol–water partition coefficient (Wildman–Crippen LogP) is 3.74. The van der Waals surface area contributed by atoms with Crippen LogP contribution in [0.2, 0.25) is 0 Å². The first-order chi connectivity index (χ1) is 12.3. The van der Waals surface area contributed by atoms with Crippen molar-refractivity contribution in [1.29, 1.82) is 0 Å². The summed E-state index contributed by atoms with van der Waals surface area (Å²) in [6, 6.07) is 7.40. The molecule has 1 aliphatic carbocycles. The molecule has 1 saturated carbocycles. The van der Waals surface area contributed by atoms with Crippen LogP contribution in [0.4, 0.5) is 0 Å². The van der Waals surface area contributed by atoms with Crippen LogP contribution in [0, 0.1) is 5.92 Å². The topological polar surface area (TPSA) is 70.8 Å². The zero-order valence-corrected chi connectivity index (χ0v) is 14.0. The highest BCUT2D eigenvalue weighted by Gasteiger charge is 2.20. The molecule has 0 amide bonds. The smallest absolute Gasteiger partial charge is 0.306 e. The lowest BCUT2D eigenvalue weighted by Crippen LogP contribution is -2.15. The van der Waals surface area contributed by atoms with Gasteiger partial charge in [0.2, 0.25) is 0 Å². The van der Waals surface area contributed by atoms with E-state index in [1.54, 1.807) is 6.07 Å². The van der Waals surface area contributed by atoms with Crippen LogP contribution >= 0.6 is 0 Å². The molecule has 0 radical (unpaired) electrons. The van der Waals surface area contributed by atoms with Gasteiger partial charge in [0.25, 0.3) is 0 Å².